The van der Waals surface area contributed by atoms with E-state index in [1.165, 1.54) is 18.1 Å². The van der Waals surface area contributed by atoms with Gasteiger partial charge in [-0.15, -0.1) is 0 Å². The molecule has 0 saturated carbocycles. The molecule has 0 radical (unpaired) electrons. The van der Waals surface area contributed by atoms with E-state index in [1.54, 1.807) is 18.5 Å². The summed E-state index contributed by atoms with van der Waals surface area (Å²) in [7, 11) is -4.29. The number of aromatic nitrogens is 6. The number of thioether (sulfide) groups is 1. The van der Waals surface area contributed by atoms with Gasteiger partial charge in [-0.3, -0.25) is 4.18 Å². The Kier molecular flexibility index (Phi) is 6.00. The number of alkyl halides is 1. The van der Waals surface area contributed by atoms with Gasteiger partial charge in [-0.25, -0.2) is 24.2 Å². The van der Waals surface area contributed by atoms with Crippen molar-refractivity contribution in [2.45, 2.75) is 35.4 Å². The smallest absolute Gasteiger partial charge is 0.333 e. The fourth-order valence-electron chi connectivity index (χ4n) is 3.00. The number of nitrogen functional groups attached to an aromatic ring is 1. The van der Waals surface area contributed by atoms with Crippen LogP contribution in [-0.4, -0.2) is 68.5 Å². The predicted octanol–water partition coefficient (Wildman–Crippen LogP) is -0.693. The molecule has 31 heavy (non-hydrogen) atoms. The summed E-state index contributed by atoms with van der Waals surface area (Å²) in [5.74, 6) is 0.600. The molecule has 5 N–H and O–H groups in total. The number of hydrogen-bond donors (Lipinski definition) is 3. The molecule has 1 fully saturated rings. The lowest BCUT2D eigenvalue weighted by molar-refractivity contribution is -0.0456. The second kappa shape index (κ2) is 8.56. The monoisotopic (exact) mass is 472 g/mol. The maximum Gasteiger partial charge on any atom is 0.333 e. The Morgan fingerprint density at radius 1 is 1.35 bits per heavy atom. The van der Waals surface area contributed by atoms with Crippen LogP contribution >= 0.6 is 11.8 Å². The molecular formula is C15H17FN8O5S2. The molecule has 0 amide bonds. The van der Waals surface area contributed by atoms with Crippen molar-refractivity contribution in [3.05, 3.63) is 30.4 Å². The number of fused-ring (bicyclic) bond motifs is 1. The lowest BCUT2D eigenvalue weighted by Gasteiger charge is -2.14. The summed E-state index contributed by atoms with van der Waals surface area (Å²) in [5, 5.41) is 27.6. The fraction of sp³-hybridized carbons (Fsp3) is 0.400. The fourth-order valence-corrected chi connectivity index (χ4v) is 4.28. The van der Waals surface area contributed by atoms with Crippen LogP contribution in [0.5, 0.6) is 0 Å². The van der Waals surface area contributed by atoms with E-state index in [4.69, 9.17) is 15.6 Å². The van der Waals surface area contributed by atoms with Crippen LogP contribution in [0.3, 0.4) is 0 Å². The lowest BCUT2D eigenvalue weighted by Crippen LogP contribution is -2.33. The van der Waals surface area contributed by atoms with Crippen LogP contribution in [0.25, 0.3) is 11.0 Å². The third-order valence-electron chi connectivity index (χ3n) is 4.44. The minimum atomic E-state index is -4.29. The zero-order chi connectivity index (χ0) is 22.2. The molecule has 0 spiro atoms. The summed E-state index contributed by atoms with van der Waals surface area (Å²) in [6.45, 7) is -0.663. The molecule has 0 bridgehead atoms. The van der Waals surface area contributed by atoms with Gasteiger partial charge in [-0.2, -0.15) is 23.7 Å². The van der Waals surface area contributed by atoms with Gasteiger partial charge in [0.05, 0.1) is 18.2 Å². The van der Waals surface area contributed by atoms with E-state index in [0.29, 0.717) is 16.2 Å². The Balaban J connectivity index is 1.64. The number of ether oxygens (including phenoxy) is 1. The van der Waals surface area contributed by atoms with E-state index in [1.807, 2.05) is 0 Å². The van der Waals surface area contributed by atoms with Gasteiger partial charge in [-0.05, 0) is 11.6 Å². The highest BCUT2D eigenvalue weighted by Gasteiger charge is 2.47. The van der Waals surface area contributed by atoms with Gasteiger partial charge in [0.25, 0.3) is 0 Å². The molecule has 3 aromatic heterocycles. The minimum absolute atomic E-state index is 0.134. The molecule has 166 valence electrons. The van der Waals surface area contributed by atoms with Gasteiger partial charge in [0, 0.05) is 11.9 Å². The summed E-state index contributed by atoms with van der Waals surface area (Å²) in [5.41, 5.74) is 7.06. The number of rotatable bonds is 7. The molecule has 1 aliphatic rings. The zero-order valence-corrected chi connectivity index (χ0v) is 17.3. The van der Waals surface area contributed by atoms with Gasteiger partial charge in [0.2, 0.25) is 0 Å². The minimum Gasteiger partial charge on any atom is -0.387 e. The molecule has 3 aromatic rings. The van der Waals surface area contributed by atoms with Gasteiger partial charge in [0.1, 0.15) is 29.4 Å². The molecule has 1 saturated heterocycles. The maximum absolute atomic E-state index is 14.9. The van der Waals surface area contributed by atoms with Crippen molar-refractivity contribution >= 4 is 38.9 Å². The topological polar surface area (TPSA) is 194 Å². The number of nitrogens with two attached hydrogens (primary N) is 2. The molecule has 1 aliphatic heterocycles. The summed E-state index contributed by atoms with van der Waals surface area (Å²) in [6, 6.07) is 1.78. The lowest BCUT2D eigenvalue weighted by atomic mass is 10.1. The molecule has 0 unspecified atom stereocenters. The third-order valence-corrected chi connectivity index (χ3v) is 5.94. The van der Waals surface area contributed by atoms with Crippen molar-refractivity contribution < 1.29 is 26.8 Å². The van der Waals surface area contributed by atoms with Gasteiger partial charge < -0.3 is 15.6 Å². The van der Waals surface area contributed by atoms with Crippen LogP contribution < -0.4 is 10.9 Å². The van der Waals surface area contributed by atoms with Gasteiger partial charge >= 0.3 is 10.3 Å². The van der Waals surface area contributed by atoms with Crippen molar-refractivity contribution in [3.63, 3.8) is 0 Å². The number of anilines is 1. The van der Waals surface area contributed by atoms with E-state index < -0.39 is 41.5 Å². The largest absolute Gasteiger partial charge is 0.387 e. The Morgan fingerprint density at radius 3 is 2.87 bits per heavy atom. The summed E-state index contributed by atoms with van der Waals surface area (Å²) < 4.78 is 47.9. The average Bonchev–Trinajstić information content (AvgIpc) is 3.24. The summed E-state index contributed by atoms with van der Waals surface area (Å²) in [6.07, 6.45) is -1.99. The van der Waals surface area contributed by atoms with Crippen LogP contribution in [0.15, 0.2) is 29.8 Å². The van der Waals surface area contributed by atoms with Crippen LogP contribution in [0, 0.1) is 0 Å². The van der Waals surface area contributed by atoms with Gasteiger partial charge in [0.15, 0.2) is 18.0 Å². The van der Waals surface area contributed by atoms with Crippen LogP contribution in [0.1, 0.15) is 11.8 Å². The van der Waals surface area contributed by atoms with Crippen LogP contribution in [0.2, 0.25) is 0 Å². The Labute approximate surface area is 179 Å². The quantitative estimate of drug-likeness (QED) is 0.367. The van der Waals surface area contributed by atoms with Crippen molar-refractivity contribution in [1.29, 1.82) is 0 Å². The number of halogens is 1. The Bertz CT molecular complexity index is 1180. The maximum atomic E-state index is 14.9. The number of hydrogen-bond acceptors (Lipinski definition) is 12. The van der Waals surface area contributed by atoms with Crippen molar-refractivity contribution in [2.24, 2.45) is 5.14 Å². The molecule has 4 atom stereocenters. The highest BCUT2D eigenvalue weighted by atomic mass is 32.2. The standard InChI is InChI=1S/C15H17FN8O5S2/c16-10-11(25)8(4-28-31(18,26)27)29-15(10)24-13-9(12(17)19-6-20-13)14(23-24)30-5-7-1-2-21-22-3-7/h1-3,6,8,10-11,15,25H,4-5H2,(H2,17,19,20)(H2,18,26,27)/t8-,10+,11-,15-/m1/s1. The van der Waals surface area contributed by atoms with E-state index >= 15 is 0 Å². The first kappa shape index (κ1) is 21.7. The average molecular weight is 472 g/mol. The normalized spacial score (nSPS) is 24.1. The highest BCUT2D eigenvalue weighted by Crippen LogP contribution is 2.37. The first-order valence-corrected chi connectivity index (χ1v) is 11.2. The van der Waals surface area contributed by atoms with Crippen LogP contribution in [-0.2, 0) is 25.0 Å². The number of nitrogens with zero attached hydrogens (tertiary/aromatic N) is 6. The second-order valence-corrected chi connectivity index (χ2v) is 8.71. The second-order valence-electron chi connectivity index (χ2n) is 6.52. The van der Waals surface area contributed by atoms with E-state index in [-0.39, 0.29) is 11.5 Å². The SMILES string of the molecule is Nc1ncnc2c1c(SCc1ccnnc1)nn2[C@@H]1O[C@H](COS(N)(=O)=O)[C@@H](O)[C@@H]1F. The van der Waals surface area contributed by atoms with E-state index in [2.05, 4.69) is 29.4 Å². The summed E-state index contributed by atoms with van der Waals surface area (Å²) >= 11 is 1.29. The molecular weight excluding hydrogens is 455 g/mol. The van der Waals surface area contributed by atoms with Crippen molar-refractivity contribution in [2.75, 3.05) is 12.3 Å². The van der Waals surface area contributed by atoms with Gasteiger partial charge in [-0.1, -0.05) is 11.8 Å². The van der Waals surface area contributed by atoms with E-state index in [9.17, 15) is 17.9 Å². The molecule has 16 heteroatoms. The molecule has 4 rings (SSSR count). The van der Waals surface area contributed by atoms with Crippen LogP contribution in [0.4, 0.5) is 10.2 Å². The Morgan fingerprint density at radius 2 is 2.16 bits per heavy atom. The first-order chi connectivity index (χ1) is 14.7. The molecule has 0 aromatic carbocycles. The highest BCUT2D eigenvalue weighted by molar-refractivity contribution is 7.98. The predicted molar refractivity (Wildman–Crippen MR) is 105 cm³/mol. The number of aliphatic hydroxyl groups is 1. The molecule has 13 nitrogen and oxygen atoms in total. The van der Waals surface area contributed by atoms with Crippen molar-refractivity contribution in [1.82, 2.24) is 29.9 Å². The van der Waals surface area contributed by atoms with E-state index in [0.717, 1.165) is 10.2 Å². The zero-order valence-electron chi connectivity index (χ0n) is 15.6. The van der Waals surface area contributed by atoms with Crippen molar-refractivity contribution in [3.8, 4) is 0 Å². The molecule has 4 heterocycles. The Hall–Kier alpha value is -2.50. The number of aliphatic hydroxyl groups excluding tert-OH is 1. The molecule has 0 aliphatic carbocycles. The summed E-state index contributed by atoms with van der Waals surface area (Å²) in [4.78, 5) is 8.09. The first-order valence-electron chi connectivity index (χ1n) is 8.76. The third kappa shape index (κ3) is 4.58.